The Morgan fingerprint density at radius 3 is 2.60 bits per heavy atom. The minimum absolute atomic E-state index is 0.566. The number of aromatic nitrogens is 1. The van der Waals surface area contributed by atoms with E-state index in [1.165, 1.54) is 0 Å². The molecule has 0 aliphatic carbocycles. The monoisotopic (exact) mass is 241 g/mol. The van der Waals surface area contributed by atoms with Crippen LogP contribution in [0.1, 0.15) is 10.4 Å². The molecule has 0 bridgehead atoms. The summed E-state index contributed by atoms with van der Waals surface area (Å²) in [5.74, 6) is -2.54. The Balaban J connectivity index is 3.18. The van der Waals surface area contributed by atoms with E-state index < -0.39 is 28.8 Å². The molecule has 0 unspecified atom stereocenters. The maximum Gasteiger partial charge on any atom is 0.573 e. The lowest BCUT2D eigenvalue weighted by molar-refractivity contribution is -0.274. The smallest absolute Gasteiger partial charge is 0.477 e. The fourth-order valence-electron chi connectivity index (χ4n) is 0.823. The molecule has 1 N–H and O–H groups in total. The van der Waals surface area contributed by atoms with Crippen molar-refractivity contribution in [1.29, 1.82) is 0 Å². The molecule has 82 valence electrons. The van der Waals surface area contributed by atoms with Crippen molar-refractivity contribution in [2.75, 3.05) is 0 Å². The Morgan fingerprint density at radius 2 is 2.13 bits per heavy atom. The number of rotatable bonds is 2. The normalized spacial score (nSPS) is 11.2. The van der Waals surface area contributed by atoms with Crippen LogP contribution in [0.25, 0.3) is 0 Å². The number of ether oxygens (including phenoxy) is 1. The van der Waals surface area contributed by atoms with E-state index in [1.807, 2.05) is 0 Å². The van der Waals surface area contributed by atoms with E-state index in [1.54, 1.807) is 0 Å². The highest BCUT2D eigenvalue weighted by atomic mass is 35.5. The number of alkyl halides is 3. The largest absolute Gasteiger partial charge is 0.573 e. The quantitative estimate of drug-likeness (QED) is 0.808. The summed E-state index contributed by atoms with van der Waals surface area (Å²) in [5.41, 5.74) is -0.823. The van der Waals surface area contributed by atoms with E-state index in [4.69, 9.17) is 16.7 Å². The van der Waals surface area contributed by atoms with Crippen LogP contribution in [0.4, 0.5) is 13.2 Å². The first-order chi connectivity index (χ1) is 6.81. The zero-order valence-electron chi connectivity index (χ0n) is 6.88. The zero-order chi connectivity index (χ0) is 11.6. The van der Waals surface area contributed by atoms with Crippen LogP contribution in [0, 0.1) is 0 Å². The van der Waals surface area contributed by atoms with Crippen molar-refractivity contribution < 1.29 is 27.8 Å². The van der Waals surface area contributed by atoms with Crippen molar-refractivity contribution in [3.05, 3.63) is 23.0 Å². The van der Waals surface area contributed by atoms with Gasteiger partial charge in [0.05, 0.1) is 0 Å². The predicted octanol–water partition coefficient (Wildman–Crippen LogP) is 2.33. The number of carboxylic acids is 1. The van der Waals surface area contributed by atoms with E-state index in [0.717, 1.165) is 12.3 Å². The van der Waals surface area contributed by atoms with Gasteiger partial charge < -0.3 is 9.84 Å². The maximum atomic E-state index is 11.8. The molecule has 1 heterocycles. The summed E-state index contributed by atoms with van der Waals surface area (Å²) >= 11 is 5.31. The number of hydrogen-bond donors (Lipinski definition) is 1. The molecule has 0 aliphatic rings. The van der Waals surface area contributed by atoms with Crippen molar-refractivity contribution in [3.63, 3.8) is 0 Å². The van der Waals surface area contributed by atoms with Gasteiger partial charge in [-0.25, -0.2) is 9.78 Å². The first-order valence-electron chi connectivity index (χ1n) is 3.45. The van der Waals surface area contributed by atoms with Gasteiger partial charge in [0.1, 0.15) is 16.5 Å². The van der Waals surface area contributed by atoms with Crippen LogP contribution in [-0.2, 0) is 0 Å². The van der Waals surface area contributed by atoms with Crippen LogP contribution in [0.5, 0.6) is 5.75 Å². The Labute approximate surface area is 86.3 Å². The average Bonchev–Trinajstić information content (AvgIpc) is 1.99. The van der Waals surface area contributed by atoms with Gasteiger partial charge in [0, 0.05) is 6.20 Å². The summed E-state index contributed by atoms with van der Waals surface area (Å²) in [6.07, 6.45) is -4.06. The lowest BCUT2D eigenvalue weighted by Gasteiger charge is -2.11. The number of halogens is 4. The number of aromatic carboxylic acids is 1. The Hall–Kier alpha value is -1.50. The van der Waals surface area contributed by atoms with Crippen LogP contribution >= 0.6 is 11.6 Å². The third kappa shape index (κ3) is 2.98. The third-order valence-corrected chi connectivity index (χ3v) is 1.59. The van der Waals surface area contributed by atoms with Crippen molar-refractivity contribution in [2.45, 2.75) is 6.36 Å². The molecule has 0 amide bonds. The Kier molecular flexibility index (Phi) is 3.04. The van der Waals surface area contributed by atoms with Gasteiger partial charge in [0.15, 0.2) is 0 Å². The van der Waals surface area contributed by atoms with Gasteiger partial charge in [-0.3, -0.25) is 0 Å². The first-order valence-corrected chi connectivity index (χ1v) is 3.82. The minimum atomic E-state index is -4.98. The molecule has 0 spiro atoms. The van der Waals surface area contributed by atoms with Crippen LogP contribution in [-0.4, -0.2) is 22.4 Å². The molecular formula is C7H3ClF3NO3. The Morgan fingerprint density at radius 1 is 1.53 bits per heavy atom. The molecule has 1 aromatic heterocycles. The fourth-order valence-corrected chi connectivity index (χ4v) is 1.05. The molecule has 0 fully saturated rings. The van der Waals surface area contributed by atoms with Crippen LogP contribution < -0.4 is 4.74 Å². The van der Waals surface area contributed by atoms with Gasteiger partial charge in [-0.1, -0.05) is 11.6 Å². The third-order valence-electron chi connectivity index (χ3n) is 1.31. The number of pyridine rings is 1. The van der Waals surface area contributed by atoms with Gasteiger partial charge in [0.2, 0.25) is 0 Å². The zero-order valence-corrected chi connectivity index (χ0v) is 7.63. The SMILES string of the molecule is O=C(O)c1c(OC(F)(F)F)ccnc1Cl. The van der Waals surface area contributed by atoms with Crippen molar-refractivity contribution in [1.82, 2.24) is 4.98 Å². The summed E-state index contributed by atoms with van der Waals surface area (Å²) in [7, 11) is 0. The fraction of sp³-hybridized carbons (Fsp3) is 0.143. The molecule has 0 radical (unpaired) electrons. The average molecular weight is 242 g/mol. The van der Waals surface area contributed by atoms with Crippen LogP contribution in [0.2, 0.25) is 5.15 Å². The van der Waals surface area contributed by atoms with Crippen molar-refractivity contribution in [3.8, 4) is 5.75 Å². The highest BCUT2D eigenvalue weighted by Crippen LogP contribution is 2.29. The molecule has 0 saturated carbocycles. The number of hydrogen-bond acceptors (Lipinski definition) is 3. The van der Waals surface area contributed by atoms with Crippen LogP contribution in [0.15, 0.2) is 12.3 Å². The van der Waals surface area contributed by atoms with E-state index in [-0.39, 0.29) is 0 Å². The van der Waals surface area contributed by atoms with Crippen molar-refractivity contribution in [2.24, 2.45) is 0 Å². The topological polar surface area (TPSA) is 59.4 Å². The van der Waals surface area contributed by atoms with E-state index >= 15 is 0 Å². The summed E-state index contributed by atoms with van der Waals surface area (Å²) in [5, 5.41) is 8.01. The molecule has 1 aromatic rings. The van der Waals surface area contributed by atoms with Gasteiger partial charge in [-0.2, -0.15) is 0 Å². The molecule has 4 nitrogen and oxygen atoms in total. The molecule has 1 rings (SSSR count). The second kappa shape index (κ2) is 3.93. The summed E-state index contributed by atoms with van der Waals surface area (Å²) in [6.45, 7) is 0. The molecule has 15 heavy (non-hydrogen) atoms. The number of nitrogens with zero attached hydrogens (tertiary/aromatic N) is 1. The van der Waals surface area contributed by atoms with Crippen LogP contribution in [0.3, 0.4) is 0 Å². The molecule has 0 aliphatic heterocycles. The number of carbonyl (C=O) groups is 1. The maximum absolute atomic E-state index is 11.8. The number of carboxylic acid groups (broad SMARTS) is 1. The van der Waals surface area contributed by atoms with E-state index in [9.17, 15) is 18.0 Å². The second-order valence-electron chi connectivity index (χ2n) is 2.33. The second-order valence-corrected chi connectivity index (χ2v) is 2.69. The highest BCUT2D eigenvalue weighted by Gasteiger charge is 2.33. The van der Waals surface area contributed by atoms with Gasteiger partial charge >= 0.3 is 12.3 Å². The molecule has 0 atom stereocenters. The van der Waals surface area contributed by atoms with E-state index in [2.05, 4.69) is 9.72 Å². The molecule has 0 aromatic carbocycles. The molecular weight excluding hydrogens is 239 g/mol. The highest BCUT2D eigenvalue weighted by molar-refractivity contribution is 6.32. The molecule has 0 saturated heterocycles. The summed E-state index contributed by atoms with van der Waals surface area (Å²) in [6, 6.07) is 0.767. The van der Waals surface area contributed by atoms with Crippen molar-refractivity contribution >= 4 is 17.6 Å². The molecule has 8 heteroatoms. The summed E-state index contributed by atoms with van der Waals surface area (Å²) in [4.78, 5) is 13.9. The predicted molar refractivity (Wildman–Crippen MR) is 42.9 cm³/mol. The lowest BCUT2D eigenvalue weighted by atomic mass is 10.2. The summed E-state index contributed by atoms with van der Waals surface area (Å²) < 4.78 is 39.0. The standard InChI is InChI=1S/C7H3ClF3NO3/c8-5-4(6(13)14)3(1-2-12-5)15-7(9,10)11/h1-2H,(H,13,14). The van der Waals surface area contributed by atoms with Gasteiger partial charge in [-0.15, -0.1) is 13.2 Å². The minimum Gasteiger partial charge on any atom is -0.477 e. The van der Waals surface area contributed by atoms with Gasteiger partial charge in [-0.05, 0) is 6.07 Å². The van der Waals surface area contributed by atoms with Gasteiger partial charge in [0.25, 0.3) is 0 Å². The lowest BCUT2D eigenvalue weighted by Crippen LogP contribution is -2.19. The van der Waals surface area contributed by atoms with E-state index in [0.29, 0.717) is 0 Å². The Bertz CT molecular complexity index is 394. The first kappa shape index (κ1) is 11.6.